The molecule has 2 fully saturated rings. The minimum Gasteiger partial charge on any atom is -0.472 e. The number of hydrogen-bond donors (Lipinski definition) is 0. The Kier molecular flexibility index (Phi) is 3.76. The van der Waals surface area contributed by atoms with E-state index in [4.69, 9.17) is 9.40 Å². The Morgan fingerprint density at radius 1 is 1.19 bits per heavy atom. The number of nitrogens with zero attached hydrogens (tertiary/aromatic N) is 4. The minimum absolute atomic E-state index is 0.0426. The summed E-state index contributed by atoms with van der Waals surface area (Å²) in [6, 6.07) is 5.96. The standard InChI is InChI=1S/C20H22N4O2/c25-20(15-8-11-26-13-15)23-10-7-16(12-23)24-18(14-4-1-2-5-14)22-17-6-3-9-21-19(17)24/h3,6,8-9,11,13-14,16H,1-2,4-5,7,10,12H2/t16-/m0/s1. The normalized spacial score (nSPS) is 21.1. The first-order valence-electron chi connectivity index (χ1n) is 9.45. The van der Waals surface area contributed by atoms with Crippen LogP contribution in [0.4, 0.5) is 0 Å². The largest absolute Gasteiger partial charge is 0.472 e. The number of hydrogen-bond acceptors (Lipinski definition) is 4. The molecular weight excluding hydrogens is 328 g/mol. The molecule has 1 amide bonds. The molecule has 1 aliphatic heterocycles. The number of pyridine rings is 1. The van der Waals surface area contributed by atoms with Crippen LogP contribution < -0.4 is 0 Å². The van der Waals surface area contributed by atoms with Crippen LogP contribution >= 0.6 is 0 Å². The van der Waals surface area contributed by atoms with Gasteiger partial charge in [-0.1, -0.05) is 12.8 Å². The Hall–Kier alpha value is -2.63. The summed E-state index contributed by atoms with van der Waals surface area (Å²) < 4.78 is 7.39. The van der Waals surface area contributed by atoms with Crippen LogP contribution in [-0.2, 0) is 0 Å². The lowest BCUT2D eigenvalue weighted by Crippen LogP contribution is -2.29. The summed E-state index contributed by atoms with van der Waals surface area (Å²) in [6.45, 7) is 1.46. The second kappa shape index (κ2) is 6.27. The SMILES string of the molecule is O=C(c1ccoc1)N1CC[C@H](n2c(C3CCCC3)nc3cccnc32)C1. The Balaban J connectivity index is 1.49. The van der Waals surface area contributed by atoms with Crippen molar-refractivity contribution < 1.29 is 9.21 Å². The highest BCUT2D eigenvalue weighted by atomic mass is 16.3. The Morgan fingerprint density at radius 3 is 2.88 bits per heavy atom. The Labute approximate surface area is 151 Å². The summed E-state index contributed by atoms with van der Waals surface area (Å²) in [5, 5.41) is 0. The molecule has 1 saturated heterocycles. The molecule has 3 aromatic heterocycles. The molecule has 6 heteroatoms. The number of imidazole rings is 1. The Morgan fingerprint density at radius 2 is 2.08 bits per heavy atom. The third-order valence-corrected chi connectivity index (χ3v) is 5.78. The number of fused-ring (bicyclic) bond motifs is 1. The third kappa shape index (κ3) is 2.52. The van der Waals surface area contributed by atoms with Crippen LogP contribution in [0.15, 0.2) is 41.3 Å². The van der Waals surface area contributed by atoms with Crippen LogP contribution in [0.2, 0.25) is 0 Å². The van der Waals surface area contributed by atoms with Crippen LogP contribution in [0.5, 0.6) is 0 Å². The van der Waals surface area contributed by atoms with E-state index in [1.807, 2.05) is 23.2 Å². The van der Waals surface area contributed by atoms with Gasteiger partial charge in [-0.2, -0.15) is 0 Å². The summed E-state index contributed by atoms with van der Waals surface area (Å²) >= 11 is 0. The molecular formula is C20H22N4O2. The zero-order valence-corrected chi connectivity index (χ0v) is 14.7. The van der Waals surface area contributed by atoms with Gasteiger partial charge < -0.3 is 13.9 Å². The summed E-state index contributed by atoms with van der Waals surface area (Å²) in [7, 11) is 0. The Bertz CT molecular complexity index is 925. The fourth-order valence-corrected chi connectivity index (χ4v) is 4.48. The lowest BCUT2D eigenvalue weighted by Gasteiger charge is -2.20. The van der Waals surface area contributed by atoms with Crippen LogP contribution in [-0.4, -0.2) is 38.4 Å². The molecule has 1 aliphatic carbocycles. The van der Waals surface area contributed by atoms with E-state index in [1.54, 1.807) is 12.3 Å². The maximum atomic E-state index is 12.7. The highest BCUT2D eigenvalue weighted by Crippen LogP contribution is 2.38. The quantitative estimate of drug-likeness (QED) is 0.721. The first-order chi connectivity index (χ1) is 12.8. The fourth-order valence-electron chi connectivity index (χ4n) is 4.48. The van der Waals surface area contributed by atoms with E-state index in [1.165, 1.54) is 37.8 Å². The number of aromatic nitrogens is 3. The molecule has 0 bridgehead atoms. The molecule has 4 heterocycles. The molecule has 0 radical (unpaired) electrons. The molecule has 1 saturated carbocycles. The first kappa shape index (κ1) is 15.6. The lowest BCUT2D eigenvalue weighted by atomic mass is 10.1. The zero-order chi connectivity index (χ0) is 17.5. The van der Waals surface area contributed by atoms with Gasteiger partial charge in [0.25, 0.3) is 5.91 Å². The van der Waals surface area contributed by atoms with E-state index in [9.17, 15) is 4.79 Å². The van der Waals surface area contributed by atoms with Crippen molar-refractivity contribution in [3.63, 3.8) is 0 Å². The predicted molar refractivity (Wildman–Crippen MR) is 97.0 cm³/mol. The van der Waals surface area contributed by atoms with Gasteiger partial charge in [0, 0.05) is 25.2 Å². The summed E-state index contributed by atoms with van der Waals surface area (Å²) in [6.07, 6.45) is 10.8. The second-order valence-electron chi connectivity index (χ2n) is 7.37. The summed E-state index contributed by atoms with van der Waals surface area (Å²) in [5.74, 6) is 1.72. The van der Waals surface area contributed by atoms with Crippen LogP contribution in [0.25, 0.3) is 11.2 Å². The van der Waals surface area contributed by atoms with Crippen molar-refractivity contribution in [3.8, 4) is 0 Å². The van der Waals surface area contributed by atoms with Gasteiger partial charge in [0.1, 0.15) is 17.6 Å². The second-order valence-corrected chi connectivity index (χ2v) is 7.37. The van der Waals surface area contributed by atoms with E-state index in [2.05, 4.69) is 9.55 Å². The third-order valence-electron chi connectivity index (χ3n) is 5.78. The van der Waals surface area contributed by atoms with E-state index < -0.39 is 0 Å². The van der Waals surface area contributed by atoms with Crippen LogP contribution in [0.3, 0.4) is 0 Å². The predicted octanol–water partition coefficient (Wildman–Crippen LogP) is 3.77. The molecule has 1 atom stereocenters. The van der Waals surface area contributed by atoms with Crippen molar-refractivity contribution in [2.24, 2.45) is 0 Å². The molecule has 0 spiro atoms. The molecule has 5 rings (SSSR count). The maximum Gasteiger partial charge on any atom is 0.257 e. The highest BCUT2D eigenvalue weighted by molar-refractivity contribution is 5.94. The van der Waals surface area contributed by atoms with Gasteiger partial charge >= 0.3 is 0 Å². The van der Waals surface area contributed by atoms with Crippen LogP contribution in [0, 0.1) is 0 Å². The van der Waals surface area contributed by atoms with Gasteiger partial charge in [-0.05, 0) is 37.5 Å². The van der Waals surface area contributed by atoms with Crippen molar-refractivity contribution in [2.45, 2.75) is 44.1 Å². The van der Waals surface area contributed by atoms with Gasteiger partial charge in [0.15, 0.2) is 5.65 Å². The van der Waals surface area contributed by atoms with Crippen molar-refractivity contribution in [1.82, 2.24) is 19.4 Å². The molecule has 3 aromatic rings. The van der Waals surface area contributed by atoms with Gasteiger partial charge in [0.2, 0.25) is 0 Å². The molecule has 0 aromatic carbocycles. The van der Waals surface area contributed by atoms with Crippen molar-refractivity contribution >= 4 is 17.1 Å². The monoisotopic (exact) mass is 350 g/mol. The maximum absolute atomic E-state index is 12.7. The number of carbonyl (C=O) groups is 1. The molecule has 0 N–H and O–H groups in total. The molecule has 6 nitrogen and oxygen atoms in total. The zero-order valence-electron chi connectivity index (χ0n) is 14.7. The number of likely N-dealkylation sites (tertiary alicyclic amines) is 1. The van der Waals surface area contributed by atoms with Gasteiger partial charge in [-0.15, -0.1) is 0 Å². The molecule has 0 unspecified atom stereocenters. The average Bonchev–Trinajstić information content (AvgIpc) is 3.47. The topological polar surface area (TPSA) is 64.2 Å². The number of carbonyl (C=O) groups excluding carboxylic acids is 1. The van der Waals surface area contributed by atoms with E-state index in [0.717, 1.165) is 24.1 Å². The first-order valence-corrected chi connectivity index (χ1v) is 9.45. The smallest absolute Gasteiger partial charge is 0.257 e. The molecule has 2 aliphatic rings. The van der Waals surface area contributed by atoms with Crippen LogP contribution in [0.1, 0.15) is 60.2 Å². The van der Waals surface area contributed by atoms with Gasteiger partial charge in [-0.25, -0.2) is 9.97 Å². The number of furan rings is 1. The fraction of sp³-hybridized carbons (Fsp3) is 0.450. The minimum atomic E-state index is 0.0426. The average molecular weight is 350 g/mol. The van der Waals surface area contributed by atoms with Gasteiger partial charge in [-0.3, -0.25) is 4.79 Å². The van der Waals surface area contributed by atoms with Gasteiger partial charge in [0.05, 0.1) is 17.9 Å². The van der Waals surface area contributed by atoms with E-state index in [0.29, 0.717) is 18.0 Å². The van der Waals surface area contributed by atoms with Crippen molar-refractivity contribution in [3.05, 3.63) is 48.3 Å². The summed E-state index contributed by atoms with van der Waals surface area (Å²) in [4.78, 5) is 24.1. The van der Waals surface area contributed by atoms with Crippen molar-refractivity contribution in [2.75, 3.05) is 13.1 Å². The lowest BCUT2D eigenvalue weighted by molar-refractivity contribution is 0.0787. The number of rotatable bonds is 3. The molecule has 26 heavy (non-hydrogen) atoms. The van der Waals surface area contributed by atoms with Crippen molar-refractivity contribution in [1.29, 1.82) is 0 Å². The summed E-state index contributed by atoms with van der Waals surface area (Å²) in [5.41, 5.74) is 2.54. The molecule has 134 valence electrons. The van der Waals surface area contributed by atoms with E-state index >= 15 is 0 Å². The van der Waals surface area contributed by atoms with E-state index in [-0.39, 0.29) is 11.9 Å². The highest BCUT2D eigenvalue weighted by Gasteiger charge is 2.33. The number of amides is 1.